The van der Waals surface area contributed by atoms with Crippen molar-refractivity contribution in [3.8, 4) is 0 Å². The Morgan fingerprint density at radius 3 is 2.04 bits per heavy atom. The first-order chi connectivity index (χ1) is 12.1. The number of likely N-dealkylation sites (tertiary alicyclic amines) is 1. The minimum absolute atomic E-state index is 0.0479. The predicted molar refractivity (Wildman–Crippen MR) is 95.5 cm³/mol. The molecule has 0 radical (unpaired) electrons. The van der Waals surface area contributed by atoms with Crippen LogP contribution in [0, 0.1) is 23.7 Å². The molecule has 1 saturated carbocycles. The summed E-state index contributed by atoms with van der Waals surface area (Å²) in [6.45, 7) is 6.03. The molecule has 5 nitrogen and oxygen atoms in total. The van der Waals surface area contributed by atoms with Crippen LogP contribution in [-0.2, 0) is 14.4 Å². The number of rotatable bonds is 9. The maximum atomic E-state index is 12.7. The fraction of sp³-hybridized carbons (Fsp3) is 0.750. The Bertz CT molecular complexity index is 533. The van der Waals surface area contributed by atoms with E-state index in [0.717, 1.165) is 45.2 Å². The van der Waals surface area contributed by atoms with Crippen LogP contribution in [0.15, 0.2) is 12.2 Å². The highest BCUT2D eigenvalue weighted by Crippen LogP contribution is 2.52. The highest BCUT2D eigenvalue weighted by Gasteiger charge is 2.59. The molecule has 4 atom stereocenters. The van der Waals surface area contributed by atoms with Crippen LogP contribution in [0.4, 0.5) is 0 Å². The van der Waals surface area contributed by atoms with Crippen molar-refractivity contribution < 1.29 is 14.4 Å². The second-order valence-electron chi connectivity index (χ2n) is 7.67. The fourth-order valence-corrected chi connectivity index (χ4v) is 4.61. The summed E-state index contributed by atoms with van der Waals surface area (Å²) in [5.41, 5.74) is 0. The molecule has 0 aromatic rings. The summed E-state index contributed by atoms with van der Waals surface area (Å²) in [4.78, 5) is 41.2. The number of amides is 3. The van der Waals surface area contributed by atoms with Gasteiger partial charge >= 0.3 is 0 Å². The van der Waals surface area contributed by atoms with Gasteiger partial charge in [0.2, 0.25) is 17.7 Å². The van der Waals surface area contributed by atoms with Crippen molar-refractivity contribution in [3.05, 3.63) is 12.2 Å². The molecule has 3 amide bonds. The van der Waals surface area contributed by atoms with Crippen LogP contribution in [0.3, 0.4) is 0 Å². The van der Waals surface area contributed by atoms with E-state index in [0.29, 0.717) is 0 Å². The summed E-state index contributed by atoms with van der Waals surface area (Å²) in [7, 11) is 0. The Morgan fingerprint density at radius 1 is 1.04 bits per heavy atom. The fourth-order valence-electron chi connectivity index (χ4n) is 4.61. The highest BCUT2D eigenvalue weighted by molar-refractivity contribution is 6.06. The van der Waals surface area contributed by atoms with Gasteiger partial charge in [0.1, 0.15) is 0 Å². The zero-order chi connectivity index (χ0) is 18.0. The van der Waals surface area contributed by atoms with E-state index in [9.17, 15) is 14.4 Å². The quantitative estimate of drug-likeness (QED) is 0.476. The maximum absolute atomic E-state index is 12.7. The van der Waals surface area contributed by atoms with Crippen molar-refractivity contribution in [3.63, 3.8) is 0 Å². The zero-order valence-electron chi connectivity index (χ0n) is 15.4. The molecule has 2 aliphatic carbocycles. The van der Waals surface area contributed by atoms with E-state index in [1.165, 1.54) is 4.90 Å². The number of carbonyl (C=O) groups is 3. The summed E-state index contributed by atoms with van der Waals surface area (Å²) in [5, 5.41) is 0. The second kappa shape index (κ2) is 7.71. The number of allylic oxidation sites excluding steroid dienone is 2. The molecule has 25 heavy (non-hydrogen) atoms. The highest BCUT2D eigenvalue weighted by atomic mass is 16.2. The van der Waals surface area contributed by atoms with Crippen molar-refractivity contribution in [1.82, 2.24) is 9.80 Å². The first-order valence-corrected chi connectivity index (χ1v) is 9.89. The van der Waals surface area contributed by atoms with E-state index in [2.05, 4.69) is 26.0 Å². The third-order valence-electron chi connectivity index (χ3n) is 6.03. The van der Waals surface area contributed by atoms with Gasteiger partial charge in [-0.05, 0) is 31.1 Å². The van der Waals surface area contributed by atoms with Gasteiger partial charge < -0.3 is 4.90 Å². The minimum atomic E-state index is -0.158. The van der Waals surface area contributed by atoms with E-state index in [4.69, 9.17) is 0 Å². The normalized spacial score (nSPS) is 29.6. The van der Waals surface area contributed by atoms with Gasteiger partial charge in [0.05, 0.1) is 11.8 Å². The van der Waals surface area contributed by atoms with Gasteiger partial charge in [-0.2, -0.15) is 0 Å². The molecule has 0 unspecified atom stereocenters. The number of hydrogen-bond acceptors (Lipinski definition) is 3. The molecule has 0 spiro atoms. The van der Waals surface area contributed by atoms with Crippen molar-refractivity contribution in [1.29, 1.82) is 0 Å². The molecule has 1 saturated heterocycles. The van der Waals surface area contributed by atoms with Crippen LogP contribution in [-0.4, -0.2) is 47.2 Å². The maximum Gasteiger partial charge on any atom is 0.233 e. The number of nitrogens with zero attached hydrogens (tertiary/aromatic N) is 2. The molecule has 0 aromatic heterocycles. The number of unbranched alkanes of at least 4 members (excludes halogenated alkanes) is 2. The van der Waals surface area contributed by atoms with Gasteiger partial charge in [0.25, 0.3) is 0 Å². The van der Waals surface area contributed by atoms with Crippen molar-refractivity contribution >= 4 is 17.7 Å². The molecule has 2 bridgehead atoms. The molecular formula is C20H30N2O3. The van der Waals surface area contributed by atoms with Crippen LogP contribution in [0.5, 0.6) is 0 Å². The first kappa shape index (κ1) is 18.2. The average molecular weight is 346 g/mol. The average Bonchev–Trinajstić information content (AvgIpc) is 3.28. The van der Waals surface area contributed by atoms with E-state index < -0.39 is 0 Å². The molecule has 5 heteroatoms. The molecule has 2 fully saturated rings. The van der Waals surface area contributed by atoms with Gasteiger partial charge in [0.15, 0.2) is 0 Å². The molecule has 1 heterocycles. The molecule has 1 aliphatic heterocycles. The van der Waals surface area contributed by atoms with Gasteiger partial charge in [-0.3, -0.25) is 19.3 Å². The molecule has 138 valence electrons. The topological polar surface area (TPSA) is 57.7 Å². The lowest BCUT2D eigenvalue weighted by molar-refractivity contribution is -0.141. The van der Waals surface area contributed by atoms with Crippen LogP contribution >= 0.6 is 0 Å². The number of carbonyl (C=O) groups excluding carboxylic acids is 3. The standard InChI is InChI=1S/C20H30N2O3/c1-3-5-10-21(11-6-4-2)16(23)9-12-22-19(24)17-14-7-8-15(13-14)18(17)20(22)25/h7-8,14-15,17-18H,3-6,9-13H2,1-2H3/t14-,15-,17+,18+/m1/s1. The Morgan fingerprint density at radius 2 is 1.56 bits per heavy atom. The Hall–Kier alpha value is -1.65. The summed E-state index contributed by atoms with van der Waals surface area (Å²) >= 11 is 0. The second-order valence-corrected chi connectivity index (χ2v) is 7.67. The van der Waals surface area contributed by atoms with Gasteiger partial charge in [-0.1, -0.05) is 38.8 Å². The summed E-state index contributed by atoms with van der Waals surface area (Å²) in [6, 6.07) is 0. The Balaban J connectivity index is 1.56. The lowest BCUT2D eigenvalue weighted by Gasteiger charge is -2.24. The SMILES string of the molecule is CCCCN(CCCC)C(=O)CCN1C(=O)[C@@H]2[C@@H](C1=O)[C@@H]1C=C[C@@H]2C1. The minimum Gasteiger partial charge on any atom is -0.343 e. The van der Waals surface area contributed by atoms with Gasteiger partial charge in [0, 0.05) is 26.1 Å². The van der Waals surface area contributed by atoms with Gasteiger partial charge in [-0.15, -0.1) is 0 Å². The predicted octanol–water partition coefficient (Wildman–Crippen LogP) is 2.61. The summed E-state index contributed by atoms with van der Waals surface area (Å²) in [6.07, 6.45) is 9.50. The van der Waals surface area contributed by atoms with Crippen molar-refractivity contribution in [2.75, 3.05) is 19.6 Å². The van der Waals surface area contributed by atoms with E-state index >= 15 is 0 Å². The molecule has 3 rings (SSSR count). The van der Waals surface area contributed by atoms with Crippen LogP contribution in [0.2, 0.25) is 0 Å². The molecule has 3 aliphatic rings. The van der Waals surface area contributed by atoms with Gasteiger partial charge in [-0.25, -0.2) is 0 Å². The third-order valence-corrected chi connectivity index (χ3v) is 6.03. The lowest BCUT2D eigenvalue weighted by atomic mass is 9.85. The van der Waals surface area contributed by atoms with E-state index in [-0.39, 0.29) is 54.4 Å². The largest absolute Gasteiger partial charge is 0.343 e. The summed E-state index contributed by atoms with van der Waals surface area (Å²) in [5.74, 6) is 0.126. The number of fused-ring (bicyclic) bond motifs is 5. The monoisotopic (exact) mass is 346 g/mol. The Kier molecular flexibility index (Phi) is 5.60. The zero-order valence-corrected chi connectivity index (χ0v) is 15.4. The summed E-state index contributed by atoms with van der Waals surface area (Å²) < 4.78 is 0. The van der Waals surface area contributed by atoms with Crippen LogP contribution < -0.4 is 0 Å². The van der Waals surface area contributed by atoms with Crippen molar-refractivity contribution in [2.45, 2.75) is 52.4 Å². The lowest BCUT2D eigenvalue weighted by Crippen LogP contribution is -2.39. The molecule has 0 aromatic carbocycles. The van der Waals surface area contributed by atoms with Crippen LogP contribution in [0.1, 0.15) is 52.4 Å². The number of hydrogen-bond donors (Lipinski definition) is 0. The first-order valence-electron chi connectivity index (χ1n) is 9.89. The van der Waals surface area contributed by atoms with E-state index in [1.807, 2.05) is 4.90 Å². The van der Waals surface area contributed by atoms with E-state index in [1.54, 1.807) is 0 Å². The third kappa shape index (κ3) is 3.38. The molecular weight excluding hydrogens is 316 g/mol. The smallest absolute Gasteiger partial charge is 0.233 e. The Labute approximate surface area is 150 Å². The number of imide groups is 1. The molecule has 0 N–H and O–H groups in total. The van der Waals surface area contributed by atoms with Crippen molar-refractivity contribution in [2.24, 2.45) is 23.7 Å². The van der Waals surface area contributed by atoms with Crippen LogP contribution in [0.25, 0.3) is 0 Å².